The number of unbranched alkanes of at least 4 members (excludes halogenated alkanes) is 2. The van der Waals surface area contributed by atoms with Gasteiger partial charge in [0, 0.05) is 6.04 Å². The molecule has 0 fully saturated rings. The fourth-order valence-electron chi connectivity index (χ4n) is 2.09. The summed E-state index contributed by atoms with van der Waals surface area (Å²) in [5, 5.41) is 3.44. The molecule has 2 rings (SSSR count). The molecule has 0 saturated heterocycles. The van der Waals surface area contributed by atoms with E-state index in [9.17, 15) is 0 Å². The molecule has 1 aromatic rings. The SMILES string of the molecule is CCCCCOc1nsnc1C1=CCCNC1C. The molecular weight excluding hydrogens is 246 g/mol. The maximum absolute atomic E-state index is 5.75. The van der Waals surface area contributed by atoms with E-state index in [4.69, 9.17) is 4.74 Å². The zero-order valence-corrected chi connectivity index (χ0v) is 11.9. The molecule has 1 aliphatic heterocycles. The Hall–Kier alpha value is -0.940. The van der Waals surface area contributed by atoms with Crippen molar-refractivity contribution < 1.29 is 4.74 Å². The molecule has 5 heteroatoms. The molecule has 18 heavy (non-hydrogen) atoms. The maximum atomic E-state index is 5.75. The number of hydrogen-bond donors (Lipinski definition) is 1. The van der Waals surface area contributed by atoms with E-state index in [0.29, 0.717) is 11.9 Å². The second-order valence-electron chi connectivity index (χ2n) is 4.60. The highest BCUT2D eigenvalue weighted by atomic mass is 32.1. The van der Waals surface area contributed by atoms with Crippen LogP contribution in [-0.2, 0) is 0 Å². The molecule has 0 amide bonds. The van der Waals surface area contributed by atoms with Gasteiger partial charge in [-0.15, -0.1) is 4.37 Å². The van der Waals surface area contributed by atoms with Gasteiger partial charge >= 0.3 is 0 Å². The van der Waals surface area contributed by atoms with Crippen LogP contribution in [0.5, 0.6) is 5.88 Å². The first-order chi connectivity index (χ1) is 8.83. The highest BCUT2D eigenvalue weighted by Gasteiger charge is 2.21. The van der Waals surface area contributed by atoms with Crippen LogP contribution in [0.1, 0.15) is 45.2 Å². The Morgan fingerprint density at radius 2 is 2.33 bits per heavy atom. The lowest BCUT2D eigenvalue weighted by atomic mass is 10.0. The van der Waals surface area contributed by atoms with E-state index >= 15 is 0 Å². The van der Waals surface area contributed by atoms with Crippen LogP contribution in [-0.4, -0.2) is 27.9 Å². The predicted molar refractivity (Wildman–Crippen MR) is 75.0 cm³/mol. The van der Waals surface area contributed by atoms with E-state index in [2.05, 4.69) is 34.0 Å². The summed E-state index contributed by atoms with van der Waals surface area (Å²) >= 11 is 1.23. The molecule has 1 N–H and O–H groups in total. The summed E-state index contributed by atoms with van der Waals surface area (Å²) in [7, 11) is 0. The summed E-state index contributed by atoms with van der Waals surface area (Å²) in [4.78, 5) is 0. The van der Waals surface area contributed by atoms with E-state index < -0.39 is 0 Å². The van der Waals surface area contributed by atoms with Crippen molar-refractivity contribution in [3.8, 4) is 5.88 Å². The van der Waals surface area contributed by atoms with Gasteiger partial charge in [-0.3, -0.25) is 0 Å². The van der Waals surface area contributed by atoms with Crippen LogP contribution >= 0.6 is 11.7 Å². The van der Waals surface area contributed by atoms with Crippen LogP contribution in [0.2, 0.25) is 0 Å². The first kappa shape index (κ1) is 13.5. The topological polar surface area (TPSA) is 47.0 Å². The molecular formula is C13H21N3OS. The molecule has 1 atom stereocenters. The Labute approximate surface area is 113 Å². The number of nitrogens with zero attached hydrogens (tertiary/aromatic N) is 2. The molecule has 100 valence electrons. The van der Waals surface area contributed by atoms with Gasteiger partial charge in [-0.05, 0) is 31.9 Å². The zero-order valence-electron chi connectivity index (χ0n) is 11.1. The van der Waals surface area contributed by atoms with Gasteiger partial charge in [0.05, 0.1) is 18.3 Å². The number of hydrogen-bond acceptors (Lipinski definition) is 5. The molecule has 0 saturated carbocycles. The summed E-state index contributed by atoms with van der Waals surface area (Å²) in [6.45, 7) is 6.12. The molecule has 1 unspecified atom stereocenters. The molecule has 2 heterocycles. The molecule has 0 spiro atoms. The van der Waals surface area contributed by atoms with Gasteiger partial charge in [-0.1, -0.05) is 25.8 Å². The average Bonchev–Trinajstić information content (AvgIpc) is 2.83. The van der Waals surface area contributed by atoms with Crippen molar-refractivity contribution in [3.63, 3.8) is 0 Å². The normalized spacial score (nSPS) is 19.7. The van der Waals surface area contributed by atoms with Gasteiger partial charge in [0.2, 0.25) is 0 Å². The molecule has 1 aromatic heterocycles. The quantitative estimate of drug-likeness (QED) is 0.805. The first-order valence-corrected chi connectivity index (χ1v) is 7.45. The van der Waals surface area contributed by atoms with Crippen molar-refractivity contribution in [2.75, 3.05) is 13.2 Å². The Morgan fingerprint density at radius 3 is 3.11 bits per heavy atom. The van der Waals surface area contributed by atoms with E-state index in [1.165, 1.54) is 30.1 Å². The molecule has 0 radical (unpaired) electrons. The van der Waals surface area contributed by atoms with Gasteiger partial charge in [-0.2, -0.15) is 4.37 Å². The third kappa shape index (κ3) is 3.29. The van der Waals surface area contributed by atoms with Crippen LogP contribution in [0, 0.1) is 0 Å². The largest absolute Gasteiger partial charge is 0.475 e. The first-order valence-electron chi connectivity index (χ1n) is 6.72. The van der Waals surface area contributed by atoms with E-state index in [0.717, 1.165) is 31.7 Å². The molecule has 1 aliphatic rings. The van der Waals surface area contributed by atoms with Crippen LogP contribution in [0.15, 0.2) is 6.08 Å². The van der Waals surface area contributed by atoms with Crippen molar-refractivity contribution in [3.05, 3.63) is 11.8 Å². The van der Waals surface area contributed by atoms with Gasteiger partial charge in [-0.25, -0.2) is 0 Å². The zero-order chi connectivity index (χ0) is 12.8. The maximum Gasteiger partial charge on any atom is 0.253 e. The van der Waals surface area contributed by atoms with Crippen LogP contribution in [0.4, 0.5) is 0 Å². The van der Waals surface area contributed by atoms with Crippen molar-refractivity contribution >= 4 is 17.3 Å². The summed E-state index contributed by atoms with van der Waals surface area (Å²) < 4.78 is 14.4. The van der Waals surface area contributed by atoms with Crippen LogP contribution in [0.25, 0.3) is 5.57 Å². The molecule has 0 bridgehead atoms. The van der Waals surface area contributed by atoms with Crippen molar-refractivity contribution in [2.24, 2.45) is 0 Å². The third-order valence-corrected chi connectivity index (χ3v) is 3.66. The Kier molecular flexibility index (Phi) is 5.13. The minimum absolute atomic E-state index is 0.334. The van der Waals surface area contributed by atoms with E-state index in [-0.39, 0.29) is 0 Å². The highest BCUT2D eigenvalue weighted by Crippen LogP contribution is 2.28. The standard InChI is InChI=1S/C13H21N3OS/c1-3-4-5-9-17-13-12(15-18-16-13)11-7-6-8-14-10(11)2/h7,10,14H,3-6,8-9H2,1-2H3. The van der Waals surface area contributed by atoms with Crippen LogP contribution in [0.3, 0.4) is 0 Å². The summed E-state index contributed by atoms with van der Waals surface area (Å²) in [5.41, 5.74) is 2.15. The highest BCUT2D eigenvalue weighted by molar-refractivity contribution is 6.99. The average molecular weight is 267 g/mol. The molecule has 0 aliphatic carbocycles. The Balaban J connectivity index is 2.00. The Bertz CT molecular complexity index is 403. The van der Waals surface area contributed by atoms with Gasteiger partial charge in [0.15, 0.2) is 0 Å². The predicted octanol–water partition coefficient (Wildman–Crippen LogP) is 2.87. The number of aromatic nitrogens is 2. The number of rotatable bonds is 6. The third-order valence-electron chi connectivity index (χ3n) is 3.14. The van der Waals surface area contributed by atoms with Crippen molar-refractivity contribution in [2.45, 2.75) is 45.6 Å². The van der Waals surface area contributed by atoms with Crippen LogP contribution < -0.4 is 10.1 Å². The van der Waals surface area contributed by atoms with E-state index in [1.54, 1.807) is 0 Å². The van der Waals surface area contributed by atoms with Crippen molar-refractivity contribution in [1.82, 2.24) is 14.1 Å². The lowest BCUT2D eigenvalue weighted by Gasteiger charge is -2.21. The smallest absolute Gasteiger partial charge is 0.253 e. The number of ether oxygens (including phenoxy) is 1. The lowest BCUT2D eigenvalue weighted by molar-refractivity contribution is 0.296. The molecule has 4 nitrogen and oxygen atoms in total. The lowest BCUT2D eigenvalue weighted by Crippen LogP contribution is -2.31. The Morgan fingerprint density at radius 1 is 1.44 bits per heavy atom. The van der Waals surface area contributed by atoms with Gasteiger partial charge < -0.3 is 10.1 Å². The fraction of sp³-hybridized carbons (Fsp3) is 0.692. The summed E-state index contributed by atoms with van der Waals surface area (Å²) in [6, 6.07) is 0.334. The number of nitrogens with one attached hydrogen (secondary N) is 1. The second kappa shape index (κ2) is 6.85. The summed E-state index contributed by atoms with van der Waals surface area (Å²) in [6.07, 6.45) is 6.79. The second-order valence-corrected chi connectivity index (χ2v) is 5.13. The molecule has 0 aromatic carbocycles. The minimum atomic E-state index is 0.334. The summed E-state index contributed by atoms with van der Waals surface area (Å²) in [5.74, 6) is 0.706. The van der Waals surface area contributed by atoms with Gasteiger partial charge in [0.1, 0.15) is 5.69 Å². The van der Waals surface area contributed by atoms with E-state index in [1.807, 2.05) is 0 Å². The van der Waals surface area contributed by atoms with Crippen molar-refractivity contribution in [1.29, 1.82) is 0 Å². The monoisotopic (exact) mass is 267 g/mol. The van der Waals surface area contributed by atoms with Gasteiger partial charge in [0.25, 0.3) is 5.88 Å². The fourth-order valence-corrected chi connectivity index (χ4v) is 2.61. The minimum Gasteiger partial charge on any atom is -0.475 e.